The third-order valence-corrected chi connectivity index (χ3v) is 2.29. The minimum absolute atomic E-state index is 0. The Labute approximate surface area is 105 Å². The molecule has 0 atom stereocenters. The monoisotopic (exact) mass is 210 g/mol. The second kappa shape index (κ2) is 5.07. The van der Waals surface area contributed by atoms with E-state index in [1.54, 1.807) is 25.3 Å². The third kappa shape index (κ3) is 2.38. The van der Waals surface area contributed by atoms with Gasteiger partial charge in [0, 0.05) is 0 Å². The first kappa shape index (κ1) is 12.6. The molecule has 2 rings (SSSR count). The van der Waals surface area contributed by atoms with Gasteiger partial charge in [-0.15, -0.1) is 0 Å². The van der Waals surface area contributed by atoms with Crippen LogP contribution in [0.25, 0.3) is 10.8 Å². The van der Waals surface area contributed by atoms with E-state index in [2.05, 4.69) is 0 Å². The Bertz CT molecular complexity index is 523. The molecule has 0 aliphatic rings. The maximum atomic E-state index is 10.7. The van der Waals surface area contributed by atoms with Crippen molar-refractivity contribution in [3.63, 3.8) is 0 Å². The number of hydrogen-bond acceptors (Lipinski definition) is 2. The molecule has 3 nitrogen and oxygen atoms in total. The van der Waals surface area contributed by atoms with Crippen molar-refractivity contribution < 1.29 is 14.6 Å². The molecule has 0 saturated heterocycles. The van der Waals surface area contributed by atoms with Gasteiger partial charge in [0.05, 0.1) is 12.7 Å². The van der Waals surface area contributed by atoms with Gasteiger partial charge < -0.3 is 9.84 Å². The van der Waals surface area contributed by atoms with Crippen molar-refractivity contribution in [3.8, 4) is 5.75 Å². The van der Waals surface area contributed by atoms with Crippen LogP contribution in [0.15, 0.2) is 36.4 Å². The molecule has 2 aromatic rings. The topological polar surface area (TPSA) is 46.5 Å². The van der Waals surface area contributed by atoms with Crippen molar-refractivity contribution in [2.45, 2.75) is 0 Å². The van der Waals surface area contributed by atoms with E-state index in [0.29, 0.717) is 5.56 Å². The van der Waals surface area contributed by atoms with Gasteiger partial charge in [0.2, 0.25) is 0 Å². The number of ether oxygens (including phenoxy) is 1. The van der Waals surface area contributed by atoms with Crippen LogP contribution in [0.1, 0.15) is 10.4 Å². The molecule has 0 aromatic heterocycles. The minimum atomic E-state index is -0.910. The summed E-state index contributed by atoms with van der Waals surface area (Å²) in [4.78, 5) is 10.7. The zero-order valence-electron chi connectivity index (χ0n) is 8.23. The number of carboxylic acids is 1. The molecular weight excluding hydrogens is 199 g/mol. The number of fused-ring (bicyclic) bond motifs is 1. The fourth-order valence-electron chi connectivity index (χ4n) is 1.48. The van der Waals surface area contributed by atoms with Gasteiger partial charge >= 0.3 is 24.8 Å². The van der Waals surface area contributed by atoms with Crippen molar-refractivity contribution in [2.75, 3.05) is 7.11 Å². The van der Waals surface area contributed by atoms with Crippen LogP contribution >= 0.6 is 0 Å². The number of methoxy groups -OCH3 is 1. The normalized spacial score (nSPS) is 9.56. The van der Waals surface area contributed by atoms with Crippen LogP contribution < -0.4 is 4.74 Å². The average molecular weight is 210 g/mol. The summed E-state index contributed by atoms with van der Waals surface area (Å²) < 4.78 is 5.08. The first-order valence-corrected chi connectivity index (χ1v) is 4.52. The van der Waals surface area contributed by atoms with Crippen LogP contribution in [-0.2, 0) is 0 Å². The molecule has 0 aliphatic carbocycles. The van der Waals surface area contributed by atoms with Gasteiger partial charge in [0.1, 0.15) is 5.75 Å². The number of rotatable bonds is 2. The van der Waals surface area contributed by atoms with Gasteiger partial charge in [0.15, 0.2) is 0 Å². The van der Waals surface area contributed by atoms with E-state index in [9.17, 15) is 4.79 Å². The molecule has 0 fully saturated rings. The molecule has 0 unspecified atom stereocenters. The van der Waals surface area contributed by atoms with E-state index < -0.39 is 5.97 Å². The van der Waals surface area contributed by atoms with E-state index in [-0.39, 0.29) is 18.9 Å². The van der Waals surface area contributed by atoms with Gasteiger partial charge in [0.25, 0.3) is 0 Å². The number of carboxylic acid groups (broad SMARTS) is 1. The van der Waals surface area contributed by atoms with Gasteiger partial charge in [-0.05, 0) is 35.0 Å². The second-order valence-corrected chi connectivity index (χ2v) is 3.23. The summed E-state index contributed by atoms with van der Waals surface area (Å²) in [6.45, 7) is 0. The number of benzene rings is 2. The summed E-state index contributed by atoms with van der Waals surface area (Å²) in [5, 5.41) is 10.7. The predicted octanol–water partition coefficient (Wildman–Crippen LogP) is 1.90. The Balaban J connectivity index is 0.00000128. The Morgan fingerprint density at radius 1 is 1.12 bits per heavy atom. The van der Waals surface area contributed by atoms with Crippen LogP contribution in [0.4, 0.5) is 0 Å². The maximum absolute atomic E-state index is 10.7. The molecule has 0 saturated carbocycles. The number of hydrogen-bond donors (Lipinski definition) is 1. The molecule has 16 heavy (non-hydrogen) atoms. The van der Waals surface area contributed by atoms with E-state index in [1.807, 2.05) is 18.2 Å². The molecule has 78 valence electrons. The molecule has 4 heteroatoms. The second-order valence-electron chi connectivity index (χ2n) is 3.23. The summed E-state index contributed by atoms with van der Waals surface area (Å²) >= 11 is 0. The first-order valence-electron chi connectivity index (χ1n) is 4.52. The number of aromatic carboxylic acids is 1. The van der Waals surface area contributed by atoms with Gasteiger partial charge in [-0.2, -0.15) is 0 Å². The average Bonchev–Trinajstić information content (AvgIpc) is 2.27. The van der Waals surface area contributed by atoms with Crippen molar-refractivity contribution in [1.82, 2.24) is 0 Å². The molecule has 1 N–H and O–H groups in total. The molecule has 2 aromatic carbocycles. The summed E-state index contributed by atoms with van der Waals surface area (Å²) in [7, 11) is 1.60. The van der Waals surface area contributed by atoms with Crippen molar-refractivity contribution in [1.29, 1.82) is 0 Å². The van der Waals surface area contributed by atoms with Crippen LogP contribution in [0, 0.1) is 0 Å². The molecule has 0 heterocycles. The quantitative estimate of drug-likeness (QED) is 0.770. The fraction of sp³-hybridized carbons (Fsp3) is 0.0833. The number of carbonyl (C=O) groups is 1. The van der Waals surface area contributed by atoms with E-state index in [0.717, 1.165) is 16.5 Å². The zero-order valence-corrected chi connectivity index (χ0v) is 8.23. The molecule has 0 spiro atoms. The van der Waals surface area contributed by atoms with Crippen LogP contribution in [-0.4, -0.2) is 37.0 Å². The summed E-state index contributed by atoms with van der Waals surface area (Å²) in [6, 6.07) is 10.6. The molecular formula is C12H11LiO3. The SMILES string of the molecule is COc1ccc2cc(C(=O)O)ccc2c1.[LiH]. The van der Waals surface area contributed by atoms with Gasteiger partial charge in [-0.25, -0.2) is 4.79 Å². The first-order chi connectivity index (χ1) is 7.20. The van der Waals surface area contributed by atoms with Gasteiger partial charge in [-0.1, -0.05) is 12.1 Å². The van der Waals surface area contributed by atoms with Gasteiger partial charge in [-0.3, -0.25) is 0 Å². The Kier molecular flexibility index (Phi) is 4.00. The molecule has 0 amide bonds. The van der Waals surface area contributed by atoms with Crippen LogP contribution in [0.3, 0.4) is 0 Å². The molecule has 0 aliphatic heterocycles. The van der Waals surface area contributed by atoms with Crippen molar-refractivity contribution >= 4 is 35.6 Å². The summed E-state index contributed by atoms with van der Waals surface area (Å²) in [5.74, 6) is -0.140. The van der Waals surface area contributed by atoms with E-state index >= 15 is 0 Å². The van der Waals surface area contributed by atoms with Crippen LogP contribution in [0.2, 0.25) is 0 Å². The Morgan fingerprint density at radius 2 is 1.75 bits per heavy atom. The third-order valence-electron chi connectivity index (χ3n) is 2.29. The Morgan fingerprint density at radius 3 is 2.38 bits per heavy atom. The summed E-state index contributed by atoms with van der Waals surface area (Å²) in [5.41, 5.74) is 0.299. The fourth-order valence-corrected chi connectivity index (χ4v) is 1.48. The standard InChI is InChI=1S/C12H10O3.Li.H/c1-15-11-5-4-8-6-10(12(13)14)3-2-9(8)7-11;;/h2-7H,1H3,(H,13,14);;. The van der Waals surface area contributed by atoms with Crippen LogP contribution in [0.5, 0.6) is 5.75 Å². The zero-order chi connectivity index (χ0) is 10.8. The molecule has 0 radical (unpaired) electrons. The molecule has 0 bridgehead atoms. The Hall–Kier alpha value is -1.43. The van der Waals surface area contributed by atoms with E-state index in [4.69, 9.17) is 9.84 Å². The van der Waals surface area contributed by atoms with Crippen molar-refractivity contribution in [2.24, 2.45) is 0 Å². The predicted molar refractivity (Wildman–Crippen MR) is 64.6 cm³/mol. The summed E-state index contributed by atoms with van der Waals surface area (Å²) in [6.07, 6.45) is 0. The van der Waals surface area contributed by atoms with E-state index in [1.165, 1.54) is 0 Å². The van der Waals surface area contributed by atoms with Crippen molar-refractivity contribution in [3.05, 3.63) is 42.0 Å².